The van der Waals surface area contributed by atoms with Crippen molar-refractivity contribution in [1.82, 2.24) is 0 Å². The molecule has 0 spiro atoms. The van der Waals surface area contributed by atoms with E-state index in [1.54, 1.807) is 36.4 Å². The van der Waals surface area contributed by atoms with Gasteiger partial charge in [0.05, 0.1) is 11.5 Å². The Balaban J connectivity index is 0.000000160. The summed E-state index contributed by atoms with van der Waals surface area (Å²) in [5.41, 5.74) is 1.64. The second kappa shape index (κ2) is 10.3. The molecule has 9 nitrogen and oxygen atoms in total. The van der Waals surface area contributed by atoms with Crippen molar-refractivity contribution in [2.24, 2.45) is 0 Å². The van der Waals surface area contributed by atoms with Gasteiger partial charge < -0.3 is 39.8 Å². The average molecular weight is 529 g/mol. The molecule has 1 aromatic heterocycles. The van der Waals surface area contributed by atoms with Crippen LogP contribution < -0.4 is 10.2 Å². The van der Waals surface area contributed by atoms with E-state index in [-0.39, 0.29) is 46.7 Å². The second-order valence-corrected chi connectivity index (χ2v) is 8.97. The van der Waals surface area contributed by atoms with Crippen LogP contribution in [-0.2, 0) is 6.42 Å². The SMILES string of the molecule is O=c1c(O)c(-c2ccccc2)oc2ccccc12.Oc1cc(O)c2c(c1)O[C@H](c1ccc(O)c(O)c1)[C@@H](O)C2. The Morgan fingerprint density at radius 2 is 1.46 bits per heavy atom. The standard InChI is InChI=1S/C15H14O6.C15H10O3/c16-8-4-11(18)9-6-13(20)15(21-14(9)5-8)7-1-2-10(17)12(19)3-7;16-13-11-8-4-5-9-12(11)18-15(14(13)17)10-6-2-1-3-7-10/h1-5,13,15-20H,6H2;1-9,17H/t13-,15+;/m0./s1. The summed E-state index contributed by atoms with van der Waals surface area (Å²) < 4.78 is 11.2. The van der Waals surface area contributed by atoms with E-state index in [1.807, 2.05) is 18.2 Å². The van der Waals surface area contributed by atoms with Gasteiger partial charge in [0, 0.05) is 29.7 Å². The first kappa shape index (κ1) is 25.5. The zero-order valence-corrected chi connectivity index (χ0v) is 20.4. The number of phenols is 4. The van der Waals surface area contributed by atoms with Crippen molar-refractivity contribution in [3.8, 4) is 45.8 Å². The van der Waals surface area contributed by atoms with Crippen molar-refractivity contribution in [3.05, 3.63) is 106 Å². The molecule has 1 aliphatic rings. The molecule has 0 fully saturated rings. The van der Waals surface area contributed by atoms with Crippen LogP contribution in [0.2, 0.25) is 0 Å². The van der Waals surface area contributed by atoms with Gasteiger partial charge in [-0.25, -0.2) is 0 Å². The Kier molecular flexibility index (Phi) is 6.74. The summed E-state index contributed by atoms with van der Waals surface area (Å²) in [4.78, 5) is 12.0. The predicted molar refractivity (Wildman–Crippen MR) is 142 cm³/mol. The molecular formula is C30H24O9. The number of ether oxygens (including phenoxy) is 1. The number of phenolic OH excluding ortho intramolecular Hbond substituents is 4. The van der Waals surface area contributed by atoms with E-state index in [0.717, 1.165) is 0 Å². The first-order chi connectivity index (χ1) is 18.7. The number of rotatable bonds is 2. The van der Waals surface area contributed by atoms with Gasteiger partial charge >= 0.3 is 0 Å². The van der Waals surface area contributed by atoms with Gasteiger partial charge in [-0.15, -0.1) is 0 Å². The van der Waals surface area contributed by atoms with Gasteiger partial charge in [0.25, 0.3) is 0 Å². The van der Waals surface area contributed by atoms with Gasteiger partial charge in [0.2, 0.25) is 11.2 Å². The Morgan fingerprint density at radius 3 is 2.21 bits per heavy atom. The summed E-state index contributed by atoms with van der Waals surface area (Å²) in [5.74, 6) is -0.729. The van der Waals surface area contributed by atoms with Gasteiger partial charge in [-0.2, -0.15) is 0 Å². The Bertz CT molecular complexity index is 1710. The number of aliphatic hydroxyl groups excluding tert-OH is 1. The van der Waals surface area contributed by atoms with Crippen LogP contribution in [0.3, 0.4) is 0 Å². The normalized spacial score (nSPS) is 16.0. The molecular weight excluding hydrogens is 504 g/mol. The third-order valence-corrected chi connectivity index (χ3v) is 6.32. The van der Waals surface area contributed by atoms with Crippen LogP contribution in [0.25, 0.3) is 22.3 Å². The summed E-state index contributed by atoms with van der Waals surface area (Å²) in [5, 5.41) is 58.6. The topological polar surface area (TPSA) is 161 Å². The second-order valence-electron chi connectivity index (χ2n) is 8.97. The van der Waals surface area contributed by atoms with Crippen LogP contribution in [-0.4, -0.2) is 36.7 Å². The van der Waals surface area contributed by atoms with E-state index in [0.29, 0.717) is 27.7 Å². The van der Waals surface area contributed by atoms with Crippen molar-refractivity contribution < 1.29 is 39.8 Å². The van der Waals surface area contributed by atoms with Gasteiger partial charge in [-0.3, -0.25) is 4.79 Å². The van der Waals surface area contributed by atoms with Gasteiger partial charge in [-0.05, 0) is 29.8 Å². The van der Waals surface area contributed by atoms with E-state index in [1.165, 1.54) is 30.3 Å². The highest BCUT2D eigenvalue weighted by atomic mass is 16.5. The van der Waals surface area contributed by atoms with E-state index in [9.17, 15) is 35.4 Å². The lowest BCUT2D eigenvalue weighted by Crippen LogP contribution is -2.30. The van der Waals surface area contributed by atoms with Crippen molar-refractivity contribution in [2.45, 2.75) is 18.6 Å². The minimum Gasteiger partial charge on any atom is -0.508 e. The lowest BCUT2D eigenvalue weighted by atomic mass is 9.94. The highest BCUT2D eigenvalue weighted by Crippen LogP contribution is 2.42. The maximum atomic E-state index is 12.0. The molecule has 0 aliphatic carbocycles. The maximum absolute atomic E-state index is 12.0. The van der Waals surface area contributed by atoms with Crippen molar-refractivity contribution in [3.63, 3.8) is 0 Å². The van der Waals surface area contributed by atoms with Gasteiger partial charge in [0.1, 0.15) is 28.9 Å². The van der Waals surface area contributed by atoms with Crippen LogP contribution in [0.5, 0.6) is 34.5 Å². The summed E-state index contributed by atoms with van der Waals surface area (Å²) in [6, 6.07) is 22.6. The van der Waals surface area contributed by atoms with Crippen LogP contribution >= 0.6 is 0 Å². The molecule has 9 heteroatoms. The summed E-state index contributed by atoms with van der Waals surface area (Å²) >= 11 is 0. The van der Waals surface area contributed by atoms with Crippen LogP contribution in [0.4, 0.5) is 0 Å². The molecule has 2 heterocycles. The molecule has 0 bridgehead atoms. The monoisotopic (exact) mass is 528 g/mol. The Hall–Kier alpha value is -5.15. The molecule has 39 heavy (non-hydrogen) atoms. The molecule has 2 atom stereocenters. The summed E-state index contributed by atoms with van der Waals surface area (Å²) in [6.45, 7) is 0. The molecule has 6 rings (SSSR count). The van der Waals surface area contributed by atoms with Crippen molar-refractivity contribution in [2.75, 3.05) is 0 Å². The third-order valence-electron chi connectivity index (χ3n) is 6.32. The molecule has 198 valence electrons. The molecule has 0 saturated carbocycles. The zero-order chi connectivity index (χ0) is 27.7. The molecule has 0 unspecified atom stereocenters. The van der Waals surface area contributed by atoms with Crippen LogP contribution in [0, 0.1) is 0 Å². The fourth-order valence-corrected chi connectivity index (χ4v) is 4.38. The molecule has 0 radical (unpaired) electrons. The van der Waals surface area contributed by atoms with Crippen molar-refractivity contribution >= 4 is 11.0 Å². The van der Waals surface area contributed by atoms with Gasteiger partial charge in [0.15, 0.2) is 17.3 Å². The third kappa shape index (κ3) is 5.03. The fourth-order valence-electron chi connectivity index (χ4n) is 4.38. The molecule has 5 aromatic rings. The molecule has 6 N–H and O–H groups in total. The smallest absolute Gasteiger partial charge is 0.235 e. The largest absolute Gasteiger partial charge is 0.508 e. The number of hydrogen-bond donors (Lipinski definition) is 6. The summed E-state index contributed by atoms with van der Waals surface area (Å²) in [7, 11) is 0. The fraction of sp³-hybridized carbons (Fsp3) is 0.100. The lowest BCUT2D eigenvalue weighted by molar-refractivity contribution is 0.0197. The molecule has 1 aliphatic heterocycles. The van der Waals surface area contributed by atoms with E-state index < -0.39 is 17.6 Å². The van der Waals surface area contributed by atoms with Crippen LogP contribution in [0.1, 0.15) is 17.2 Å². The van der Waals surface area contributed by atoms with E-state index >= 15 is 0 Å². The number of para-hydroxylation sites is 1. The highest BCUT2D eigenvalue weighted by Gasteiger charge is 2.32. The van der Waals surface area contributed by atoms with E-state index in [4.69, 9.17) is 9.15 Å². The van der Waals surface area contributed by atoms with Crippen molar-refractivity contribution in [1.29, 1.82) is 0 Å². The molecule has 4 aromatic carbocycles. The minimum atomic E-state index is -0.933. The predicted octanol–water partition coefficient (Wildman–Crippen LogP) is 4.71. The molecule has 0 saturated heterocycles. The minimum absolute atomic E-state index is 0.143. The highest BCUT2D eigenvalue weighted by molar-refractivity contribution is 5.81. The Labute approximate surface area is 221 Å². The first-order valence-corrected chi connectivity index (χ1v) is 11.9. The number of fused-ring (bicyclic) bond motifs is 2. The quantitative estimate of drug-likeness (QED) is 0.178. The van der Waals surface area contributed by atoms with E-state index in [2.05, 4.69) is 0 Å². The number of aliphatic hydroxyl groups is 1. The number of hydrogen-bond acceptors (Lipinski definition) is 9. The number of benzene rings is 4. The molecule has 0 amide bonds. The van der Waals surface area contributed by atoms with Crippen LogP contribution in [0.15, 0.2) is 94.1 Å². The van der Waals surface area contributed by atoms with Gasteiger partial charge in [-0.1, -0.05) is 48.5 Å². The summed E-state index contributed by atoms with van der Waals surface area (Å²) in [6.07, 6.45) is -1.56. The first-order valence-electron chi connectivity index (χ1n) is 11.9. The Morgan fingerprint density at radius 1 is 0.744 bits per heavy atom. The lowest BCUT2D eigenvalue weighted by Gasteiger charge is -2.31. The number of aromatic hydroxyl groups is 5. The maximum Gasteiger partial charge on any atom is 0.235 e. The average Bonchev–Trinajstić information content (AvgIpc) is 2.93. The zero-order valence-electron chi connectivity index (χ0n) is 20.4.